The van der Waals surface area contributed by atoms with Crippen molar-refractivity contribution in [3.63, 3.8) is 0 Å². The van der Waals surface area contributed by atoms with Gasteiger partial charge in [-0.2, -0.15) is 0 Å². The van der Waals surface area contributed by atoms with Crippen molar-refractivity contribution in [2.75, 3.05) is 11.9 Å². The van der Waals surface area contributed by atoms with E-state index in [1.54, 1.807) is 24.3 Å². The number of carbonyl (C=O) groups excluding carboxylic acids is 2. The summed E-state index contributed by atoms with van der Waals surface area (Å²) in [5.74, 6) is 0.00763. The topological polar surface area (TPSA) is 95.5 Å². The van der Waals surface area contributed by atoms with Crippen molar-refractivity contribution in [1.82, 2.24) is 15.8 Å². The largest absolute Gasteiger partial charge is 0.322 e. The summed E-state index contributed by atoms with van der Waals surface area (Å²) in [7, 11) is 0. The maximum atomic E-state index is 12.2. The van der Waals surface area contributed by atoms with Crippen LogP contribution in [0.4, 0.5) is 5.69 Å². The molecule has 1 aromatic heterocycles. The molecule has 0 unspecified atom stereocenters. The van der Waals surface area contributed by atoms with Gasteiger partial charge in [0.25, 0.3) is 11.8 Å². The van der Waals surface area contributed by atoms with Crippen LogP contribution in [0.1, 0.15) is 15.9 Å². The fourth-order valence-corrected chi connectivity index (χ4v) is 2.25. The number of amidine groups is 1. The van der Waals surface area contributed by atoms with E-state index in [4.69, 9.17) is 23.2 Å². The number of aliphatic imine (C=N–C) groups is 1. The standard InChI is InChI=1S/C15H11Cl2N5O2/c16-11-5-9(6-18-13(11)17)15(24)20-10-3-1-8(2-4-10)14-19-7-12(23)21-22-14/h1-6H,7H2,(H,19,22)(H,20,24)(H,21,23). The van der Waals surface area contributed by atoms with Gasteiger partial charge in [-0.15, -0.1) is 0 Å². The summed E-state index contributed by atoms with van der Waals surface area (Å²) in [5, 5.41) is 3.09. The molecule has 2 amide bonds. The average molecular weight is 364 g/mol. The lowest BCUT2D eigenvalue weighted by Gasteiger charge is -2.15. The van der Waals surface area contributed by atoms with Gasteiger partial charge >= 0.3 is 0 Å². The van der Waals surface area contributed by atoms with Crippen molar-refractivity contribution >= 4 is 46.5 Å². The Morgan fingerprint density at radius 2 is 1.92 bits per heavy atom. The summed E-state index contributed by atoms with van der Waals surface area (Å²) in [4.78, 5) is 31.2. The first-order valence-corrected chi connectivity index (χ1v) is 7.60. The van der Waals surface area contributed by atoms with E-state index in [1.165, 1.54) is 12.3 Å². The average Bonchev–Trinajstić information content (AvgIpc) is 2.59. The van der Waals surface area contributed by atoms with E-state index in [0.29, 0.717) is 17.1 Å². The number of carbonyl (C=O) groups is 2. The SMILES string of the molecule is O=C1CN=C(c2ccc(NC(=O)c3cnc(Cl)c(Cl)c3)cc2)NN1. The molecule has 3 rings (SSSR count). The number of rotatable bonds is 3. The van der Waals surface area contributed by atoms with E-state index < -0.39 is 0 Å². The van der Waals surface area contributed by atoms with E-state index in [9.17, 15) is 9.59 Å². The zero-order valence-corrected chi connectivity index (χ0v) is 13.6. The monoisotopic (exact) mass is 363 g/mol. The molecule has 0 saturated carbocycles. The molecule has 0 atom stereocenters. The molecule has 1 aliphatic rings. The van der Waals surface area contributed by atoms with Crippen molar-refractivity contribution in [2.24, 2.45) is 4.99 Å². The van der Waals surface area contributed by atoms with Crippen LogP contribution in [0.3, 0.4) is 0 Å². The molecule has 1 aliphatic heterocycles. The molecule has 1 aromatic carbocycles. The molecule has 3 N–H and O–H groups in total. The lowest BCUT2D eigenvalue weighted by molar-refractivity contribution is -0.120. The van der Waals surface area contributed by atoms with Gasteiger partial charge in [0.05, 0.1) is 10.6 Å². The summed E-state index contributed by atoms with van der Waals surface area (Å²) in [6, 6.07) is 8.43. The molecule has 24 heavy (non-hydrogen) atoms. The summed E-state index contributed by atoms with van der Waals surface area (Å²) >= 11 is 11.6. The van der Waals surface area contributed by atoms with Crippen LogP contribution >= 0.6 is 23.2 Å². The Morgan fingerprint density at radius 1 is 1.17 bits per heavy atom. The van der Waals surface area contributed by atoms with Crippen molar-refractivity contribution < 1.29 is 9.59 Å². The number of hydrogen-bond donors (Lipinski definition) is 3. The predicted octanol–water partition coefficient (Wildman–Crippen LogP) is 2.02. The summed E-state index contributed by atoms with van der Waals surface area (Å²) in [5.41, 5.74) is 6.87. The smallest absolute Gasteiger partial charge is 0.260 e. The Labute approximate surface area is 147 Å². The fraction of sp³-hybridized carbons (Fsp3) is 0.0667. The van der Waals surface area contributed by atoms with Crippen LogP contribution in [0.2, 0.25) is 10.2 Å². The van der Waals surface area contributed by atoms with Gasteiger partial charge in [0.15, 0.2) is 0 Å². The Hall–Kier alpha value is -2.64. The minimum Gasteiger partial charge on any atom is -0.322 e. The molecule has 0 saturated heterocycles. The van der Waals surface area contributed by atoms with Crippen LogP contribution in [0.25, 0.3) is 0 Å². The van der Waals surface area contributed by atoms with E-state index in [1.807, 2.05) is 0 Å². The van der Waals surface area contributed by atoms with Gasteiger partial charge in [0, 0.05) is 17.4 Å². The molecule has 7 nitrogen and oxygen atoms in total. The van der Waals surface area contributed by atoms with Crippen LogP contribution in [0, 0.1) is 0 Å². The minimum absolute atomic E-state index is 0.0746. The Morgan fingerprint density at radius 3 is 2.54 bits per heavy atom. The second-order valence-corrected chi connectivity index (χ2v) is 5.63. The number of anilines is 1. The number of nitrogens with one attached hydrogen (secondary N) is 3. The van der Waals surface area contributed by atoms with Gasteiger partial charge in [0.2, 0.25) is 0 Å². The fourth-order valence-electron chi connectivity index (χ4n) is 1.98. The van der Waals surface area contributed by atoms with Gasteiger partial charge < -0.3 is 5.32 Å². The number of hydrazine groups is 1. The highest BCUT2D eigenvalue weighted by Gasteiger charge is 2.12. The first-order valence-electron chi connectivity index (χ1n) is 6.85. The number of benzene rings is 1. The molecule has 2 aromatic rings. The highest BCUT2D eigenvalue weighted by atomic mass is 35.5. The van der Waals surface area contributed by atoms with E-state index in [-0.39, 0.29) is 28.5 Å². The number of hydrogen-bond acceptors (Lipinski definition) is 5. The van der Waals surface area contributed by atoms with E-state index >= 15 is 0 Å². The third-order valence-corrected chi connectivity index (χ3v) is 3.86. The van der Waals surface area contributed by atoms with Crippen LogP contribution in [0.15, 0.2) is 41.5 Å². The Kier molecular flexibility index (Phi) is 4.64. The van der Waals surface area contributed by atoms with E-state index in [0.717, 1.165) is 5.56 Å². The first-order chi connectivity index (χ1) is 11.5. The van der Waals surface area contributed by atoms with Crippen LogP contribution in [-0.2, 0) is 4.79 Å². The molecular weight excluding hydrogens is 353 g/mol. The summed E-state index contributed by atoms with van der Waals surface area (Å²) < 4.78 is 0. The second kappa shape index (κ2) is 6.86. The van der Waals surface area contributed by atoms with Gasteiger partial charge in [-0.1, -0.05) is 23.2 Å². The van der Waals surface area contributed by atoms with Gasteiger partial charge in [0.1, 0.15) is 17.5 Å². The zero-order valence-electron chi connectivity index (χ0n) is 12.1. The molecule has 0 aliphatic carbocycles. The third-order valence-electron chi connectivity index (χ3n) is 3.18. The molecule has 9 heteroatoms. The molecule has 0 spiro atoms. The predicted molar refractivity (Wildman–Crippen MR) is 91.3 cm³/mol. The van der Waals surface area contributed by atoms with Gasteiger partial charge in [-0.25, -0.2) is 4.98 Å². The third kappa shape index (κ3) is 3.64. The van der Waals surface area contributed by atoms with Crippen LogP contribution < -0.4 is 16.2 Å². The zero-order chi connectivity index (χ0) is 17.1. The molecule has 0 bridgehead atoms. The van der Waals surface area contributed by atoms with Crippen molar-refractivity contribution in [1.29, 1.82) is 0 Å². The summed E-state index contributed by atoms with van der Waals surface area (Å²) in [6.07, 6.45) is 1.35. The number of amides is 2. The summed E-state index contributed by atoms with van der Waals surface area (Å²) in [6.45, 7) is 0.0746. The Balaban J connectivity index is 1.71. The molecule has 0 fully saturated rings. The molecule has 122 valence electrons. The quantitative estimate of drug-likeness (QED) is 0.727. The van der Waals surface area contributed by atoms with Crippen LogP contribution in [0.5, 0.6) is 0 Å². The van der Waals surface area contributed by atoms with E-state index in [2.05, 4.69) is 26.1 Å². The maximum Gasteiger partial charge on any atom is 0.260 e. The second-order valence-electron chi connectivity index (χ2n) is 4.87. The van der Waals surface area contributed by atoms with Crippen LogP contribution in [-0.4, -0.2) is 29.2 Å². The Bertz CT molecular complexity index is 836. The number of pyridine rings is 1. The molecular formula is C15H11Cl2N5O2. The lowest BCUT2D eigenvalue weighted by Crippen LogP contribution is -2.47. The number of halogens is 2. The number of aromatic nitrogens is 1. The number of nitrogens with zero attached hydrogens (tertiary/aromatic N) is 2. The maximum absolute atomic E-state index is 12.2. The molecule has 0 radical (unpaired) electrons. The van der Waals surface area contributed by atoms with Crippen molar-refractivity contribution in [3.05, 3.63) is 57.8 Å². The van der Waals surface area contributed by atoms with Gasteiger partial charge in [-0.05, 0) is 30.3 Å². The molecule has 2 heterocycles. The minimum atomic E-state index is -0.353. The van der Waals surface area contributed by atoms with Gasteiger partial charge in [-0.3, -0.25) is 25.4 Å². The first kappa shape index (κ1) is 16.2. The normalized spacial score (nSPS) is 13.6. The van der Waals surface area contributed by atoms with Crippen molar-refractivity contribution in [2.45, 2.75) is 0 Å². The van der Waals surface area contributed by atoms with Crippen molar-refractivity contribution in [3.8, 4) is 0 Å². The highest BCUT2D eigenvalue weighted by molar-refractivity contribution is 6.41. The lowest BCUT2D eigenvalue weighted by atomic mass is 10.1. The highest BCUT2D eigenvalue weighted by Crippen LogP contribution is 2.20.